The minimum absolute atomic E-state index is 0.250. The summed E-state index contributed by atoms with van der Waals surface area (Å²) in [6.45, 7) is 4.81. The fourth-order valence-corrected chi connectivity index (χ4v) is 2.08. The Bertz CT molecular complexity index is 779. The molecule has 0 radical (unpaired) electrons. The third kappa shape index (κ3) is 13.0. The summed E-state index contributed by atoms with van der Waals surface area (Å²) in [5.74, 6) is 1.50. The van der Waals surface area contributed by atoms with Crippen molar-refractivity contribution in [3.05, 3.63) is 59.8 Å². The molecule has 0 saturated carbocycles. The molecule has 1 heterocycles. The van der Waals surface area contributed by atoms with Gasteiger partial charge in [0.05, 0.1) is 12.7 Å². The van der Waals surface area contributed by atoms with Crippen molar-refractivity contribution in [2.45, 2.75) is 20.4 Å². The van der Waals surface area contributed by atoms with E-state index < -0.39 is 0 Å². The molecule has 10 heteroatoms. The lowest BCUT2D eigenvalue weighted by molar-refractivity contribution is -0.122. The number of nitrogens with one attached hydrogen (secondary N) is 1. The third-order valence-electron chi connectivity index (χ3n) is 3.22. The van der Waals surface area contributed by atoms with Gasteiger partial charge in [-0.25, -0.2) is 0 Å². The monoisotopic (exact) mass is 435 g/mol. The first-order chi connectivity index (χ1) is 15.0. The molecule has 2 aromatic rings. The van der Waals surface area contributed by atoms with E-state index in [2.05, 4.69) is 11.1 Å². The van der Waals surface area contributed by atoms with Crippen LogP contribution in [-0.4, -0.2) is 31.8 Å². The average molecular weight is 436 g/mol. The lowest BCUT2D eigenvalue weighted by atomic mass is 10.1. The van der Waals surface area contributed by atoms with Crippen LogP contribution in [0.25, 0.3) is 5.76 Å². The molecule has 0 aromatic heterocycles. The molecule has 10 N–H and O–H groups in total. The van der Waals surface area contributed by atoms with Crippen molar-refractivity contribution in [2.24, 2.45) is 11.5 Å². The Labute approximate surface area is 182 Å². The van der Waals surface area contributed by atoms with E-state index >= 15 is 0 Å². The quantitative estimate of drug-likeness (QED) is 0.308. The van der Waals surface area contributed by atoms with Gasteiger partial charge in [0, 0.05) is 30.2 Å². The maximum atomic E-state index is 8.58. The third-order valence-corrected chi connectivity index (χ3v) is 3.22. The minimum atomic E-state index is -0.250. The first-order valence-electron chi connectivity index (χ1n) is 9.25. The van der Waals surface area contributed by atoms with E-state index in [1.54, 1.807) is 13.2 Å². The summed E-state index contributed by atoms with van der Waals surface area (Å²) in [5, 5.41) is 9.85. The fourth-order valence-electron chi connectivity index (χ4n) is 2.08. The van der Waals surface area contributed by atoms with Crippen molar-refractivity contribution in [2.75, 3.05) is 25.3 Å². The zero-order chi connectivity index (χ0) is 24.1. The molecule has 2 aromatic carbocycles. The molecule has 0 aliphatic carbocycles. The number of methoxy groups -OCH3 is 1. The number of carbonyl (C=O) groups is 2. The molecule has 31 heavy (non-hydrogen) atoms. The van der Waals surface area contributed by atoms with E-state index in [9.17, 15) is 0 Å². The van der Waals surface area contributed by atoms with Gasteiger partial charge in [-0.05, 0) is 29.8 Å². The maximum Gasteiger partial charge on any atom is 0.290 e. The summed E-state index contributed by atoms with van der Waals surface area (Å²) in [4.78, 5) is 16.9. The lowest BCUT2D eigenvalue weighted by Crippen LogP contribution is -1.99. The van der Waals surface area contributed by atoms with Crippen LogP contribution in [0, 0.1) is 0 Å². The van der Waals surface area contributed by atoms with E-state index in [1.165, 1.54) is 0 Å². The molecule has 0 spiro atoms. The average Bonchev–Trinajstić information content (AvgIpc) is 3.31. The minimum Gasteiger partial charge on any atom is -0.496 e. The number of ether oxygens (including phenoxy) is 2. The molecular formula is C21H33N5O5. The van der Waals surface area contributed by atoms with Gasteiger partial charge in [-0.15, -0.1) is 0 Å². The Hall–Kier alpha value is -3.92. The largest absolute Gasteiger partial charge is 0.496 e. The van der Waals surface area contributed by atoms with E-state index in [1.807, 2.05) is 56.4 Å². The van der Waals surface area contributed by atoms with E-state index in [-0.39, 0.29) is 12.9 Å². The van der Waals surface area contributed by atoms with Crippen molar-refractivity contribution in [3.63, 3.8) is 0 Å². The number of nitrogens with two attached hydrogens (primary N) is 4. The highest BCUT2D eigenvalue weighted by Gasteiger charge is 2.13. The number of hydrogen-bond acceptors (Lipinski definition) is 8. The molecule has 0 saturated heterocycles. The Kier molecular flexibility index (Phi) is 18.3. The van der Waals surface area contributed by atoms with Crippen molar-refractivity contribution in [1.29, 1.82) is 0 Å². The topological polar surface area (TPSA) is 189 Å². The summed E-state index contributed by atoms with van der Waals surface area (Å²) in [7, 11) is 1.61. The summed E-state index contributed by atoms with van der Waals surface area (Å²) in [5.41, 5.74) is 24.1. The fraction of sp³-hybridized carbons (Fsp3) is 0.238. The maximum absolute atomic E-state index is 8.58. The van der Waals surface area contributed by atoms with Crippen LogP contribution in [0.3, 0.4) is 0 Å². The summed E-state index contributed by atoms with van der Waals surface area (Å²) in [6.07, 6.45) is 2.06. The van der Waals surface area contributed by atoms with E-state index in [4.69, 9.17) is 41.4 Å². The molecule has 1 amide bonds. The van der Waals surface area contributed by atoms with Gasteiger partial charge < -0.3 is 42.8 Å². The number of carboxylic acid groups (broad SMARTS) is 1. The standard InChI is InChI=1S/C10H12N2O2.C7H10N2.C2H6.CH3NO.CH2O2/c1-13-9-4-7(11)2-3-8(9)10-5-12-6-14-10;8-5-6-2-1-3-7(9)4-6;1-2;2*2-1-3/h2-5,12H,6,11H2,1H3;1-4H,5,8-9H2;1-2H3;1H,(H2,2,3);1H,(H,2,3). The first-order valence-corrected chi connectivity index (χ1v) is 9.25. The van der Waals surface area contributed by atoms with Crippen LogP contribution >= 0.6 is 0 Å². The van der Waals surface area contributed by atoms with Gasteiger partial charge in [0.25, 0.3) is 6.47 Å². The Morgan fingerprint density at radius 2 is 1.71 bits per heavy atom. The van der Waals surface area contributed by atoms with Crippen LogP contribution in [0.15, 0.2) is 48.7 Å². The van der Waals surface area contributed by atoms with Gasteiger partial charge >= 0.3 is 0 Å². The number of primary amides is 1. The Balaban J connectivity index is 0. The van der Waals surface area contributed by atoms with E-state index in [0.717, 1.165) is 28.3 Å². The van der Waals surface area contributed by atoms with Gasteiger partial charge in [-0.2, -0.15) is 0 Å². The highest BCUT2D eigenvalue weighted by molar-refractivity contribution is 5.69. The number of amides is 1. The first kappa shape index (κ1) is 29.3. The molecule has 0 bridgehead atoms. The molecule has 3 rings (SSSR count). The molecule has 1 aliphatic rings. The van der Waals surface area contributed by atoms with Gasteiger partial charge in [-0.3, -0.25) is 9.59 Å². The van der Waals surface area contributed by atoms with Gasteiger partial charge in [0.15, 0.2) is 6.73 Å². The summed E-state index contributed by atoms with van der Waals surface area (Å²) < 4.78 is 10.6. The Morgan fingerprint density at radius 1 is 1.13 bits per heavy atom. The molecule has 172 valence electrons. The number of rotatable bonds is 3. The predicted molar refractivity (Wildman–Crippen MR) is 124 cm³/mol. The molecule has 0 unspecified atom stereocenters. The second kappa shape index (κ2) is 19.4. The zero-order valence-electron chi connectivity index (χ0n) is 18.1. The highest BCUT2D eigenvalue weighted by Crippen LogP contribution is 2.29. The van der Waals surface area contributed by atoms with Gasteiger partial charge in [-0.1, -0.05) is 26.0 Å². The molecule has 10 nitrogen and oxygen atoms in total. The molecular weight excluding hydrogens is 402 g/mol. The van der Waals surface area contributed by atoms with Crippen molar-refractivity contribution in [3.8, 4) is 5.75 Å². The number of nitrogen functional groups attached to an aromatic ring is 2. The van der Waals surface area contributed by atoms with Crippen LogP contribution in [0.1, 0.15) is 25.0 Å². The highest BCUT2D eigenvalue weighted by atomic mass is 16.5. The van der Waals surface area contributed by atoms with Gasteiger partial charge in [0.2, 0.25) is 6.41 Å². The number of anilines is 2. The molecule has 0 fully saturated rings. The van der Waals surface area contributed by atoms with Crippen LogP contribution in [0.2, 0.25) is 0 Å². The smallest absolute Gasteiger partial charge is 0.290 e. The van der Waals surface area contributed by atoms with Crippen LogP contribution in [-0.2, 0) is 20.9 Å². The van der Waals surface area contributed by atoms with Crippen LogP contribution in [0.4, 0.5) is 11.4 Å². The zero-order valence-corrected chi connectivity index (χ0v) is 18.1. The second-order valence-electron chi connectivity index (χ2n) is 5.15. The van der Waals surface area contributed by atoms with Crippen molar-refractivity contribution < 1.29 is 24.2 Å². The van der Waals surface area contributed by atoms with Crippen molar-refractivity contribution >= 4 is 30.0 Å². The Morgan fingerprint density at radius 3 is 2.13 bits per heavy atom. The molecule has 1 aliphatic heterocycles. The summed E-state index contributed by atoms with van der Waals surface area (Å²) >= 11 is 0. The van der Waals surface area contributed by atoms with Gasteiger partial charge in [0.1, 0.15) is 11.5 Å². The second-order valence-corrected chi connectivity index (χ2v) is 5.15. The SMILES string of the molecule is CC.COc1cc(N)ccc1C1=CNCO1.NC=O.NCc1cccc(N)c1.O=CO. The lowest BCUT2D eigenvalue weighted by Gasteiger charge is -2.09. The predicted octanol–water partition coefficient (Wildman–Crippen LogP) is 1.71. The van der Waals surface area contributed by atoms with Crippen LogP contribution in [0.5, 0.6) is 5.75 Å². The number of benzene rings is 2. The van der Waals surface area contributed by atoms with Crippen molar-refractivity contribution in [1.82, 2.24) is 5.32 Å². The van der Waals surface area contributed by atoms with E-state index in [0.29, 0.717) is 19.0 Å². The summed E-state index contributed by atoms with van der Waals surface area (Å²) in [6, 6.07) is 13.1. The molecule has 0 atom stereocenters. The van der Waals surface area contributed by atoms with Crippen LogP contribution < -0.4 is 33.0 Å². The number of hydrogen-bond donors (Lipinski definition) is 6. The normalized spacial score (nSPS) is 10.1. The number of carbonyl (C=O) groups excluding carboxylic acids is 1.